The van der Waals surface area contributed by atoms with E-state index in [1.165, 1.54) is 17.8 Å². The van der Waals surface area contributed by atoms with Gasteiger partial charge in [0.1, 0.15) is 0 Å². The number of aromatic nitrogens is 1. The fourth-order valence-corrected chi connectivity index (χ4v) is 2.24. The number of hydrogen-bond acceptors (Lipinski definition) is 1. The summed E-state index contributed by atoms with van der Waals surface area (Å²) >= 11 is 0. The van der Waals surface area contributed by atoms with Crippen LogP contribution in [0.4, 0.5) is 0 Å². The van der Waals surface area contributed by atoms with Crippen LogP contribution in [0.5, 0.6) is 0 Å². The van der Waals surface area contributed by atoms with Gasteiger partial charge in [-0.25, -0.2) is 0 Å². The Morgan fingerprint density at radius 1 is 1.17 bits per heavy atom. The molecule has 2 heterocycles. The lowest BCUT2D eigenvalue weighted by Crippen LogP contribution is -2.32. The smallest absolute Gasteiger partial charge is 0.0387 e. The highest BCUT2D eigenvalue weighted by Crippen LogP contribution is 2.17. The Balaban J connectivity index is 2.02. The zero-order valence-corrected chi connectivity index (χ0v) is 11.3. The summed E-state index contributed by atoms with van der Waals surface area (Å²) in [5, 5.41) is 0. The van der Waals surface area contributed by atoms with Gasteiger partial charge in [0.15, 0.2) is 0 Å². The SMILES string of the molecule is C\C=C/C=C\C=C\c1cc2n(c1)CCN(CC)C2. The van der Waals surface area contributed by atoms with Gasteiger partial charge in [0, 0.05) is 31.5 Å². The molecule has 1 aliphatic rings. The normalized spacial score (nSPS) is 17.2. The van der Waals surface area contributed by atoms with E-state index in [1.54, 1.807) is 0 Å². The van der Waals surface area contributed by atoms with Crippen molar-refractivity contribution >= 4 is 6.08 Å². The van der Waals surface area contributed by atoms with Gasteiger partial charge in [-0.3, -0.25) is 4.90 Å². The summed E-state index contributed by atoms with van der Waals surface area (Å²) in [6.45, 7) is 8.76. The number of rotatable bonds is 4. The third kappa shape index (κ3) is 3.23. The first kappa shape index (κ1) is 12.9. The molecule has 0 amide bonds. The van der Waals surface area contributed by atoms with Crippen LogP contribution in [0.1, 0.15) is 25.1 Å². The van der Waals surface area contributed by atoms with Crippen molar-refractivity contribution in [3.8, 4) is 0 Å². The van der Waals surface area contributed by atoms with Crippen molar-refractivity contribution in [2.45, 2.75) is 26.9 Å². The minimum Gasteiger partial charge on any atom is -0.348 e. The van der Waals surface area contributed by atoms with Gasteiger partial charge >= 0.3 is 0 Å². The predicted molar refractivity (Wildman–Crippen MR) is 78.4 cm³/mol. The predicted octanol–water partition coefficient (Wildman–Crippen LogP) is 3.47. The first-order chi connectivity index (χ1) is 8.83. The van der Waals surface area contributed by atoms with Crippen LogP contribution in [0.15, 0.2) is 42.6 Å². The Hall–Kier alpha value is -1.54. The average molecular weight is 242 g/mol. The largest absolute Gasteiger partial charge is 0.348 e. The van der Waals surface area contributed by atoms with E-state index < -0.39 is 0 Å². The van der Waals surface area contributed by atoms with Crippen molar-refractivity contribution in [1.82, 2.24) is 9.47 Å². The lowest BCUT2D eigenvalue weighted by molar-refractivity contribution is 0.232. The van der Waals surface area contributed by atoms with Gasteiger partial charge in [0.05, 0.1) is 0 Å². The molecule has 0 spiro atoms. The number of hydrogen-bond donors (Lipinski definition) is 0. The summed E-state index contributed by atoms with van der Waals surface area (Å²) in [7, 11) is 0. The zero-order chi connectivity index (χ0) is 12.8. The molecule has 0 fully saturated rings. The van der Waals surface area contributed by atoms with E-state index in [-0.39, 0.29) is 0 Å². The minimum atomic E-state index is 1.08. The molecule has 1 aromatic rings. The molecule has 1 aromatic heterocycles. The Morgan fingerprint density at radius 3 is 2.78 bits per heavy atom. The van der Waals surface area contributed by atoms with Crippen LogP contribution in [-0.2, 0) is 13.1 Å². The monoisotopic (exact) mass is 242 g/mol. The van der Waals surface area contributed by atoms with Crippen molar-refractivity contribution in [2.75, 3.05) is 13.1 Å². The summed E-state index contributed by atoms with van der Waals surface area (Å²) < 4.78 is 2.38. The van der Waals surface area contributed by atoms with Crippen molar-refractivity contribution < 1.29 is 0 Å². The second-order valence-corrected chi connectivity index (χ2v) is 4.60. The summed E-state index contributed by atoms with van der Waals surface area (Å²) in [6.07, 6.45) is 14.7. The van der Waals surface area contributed by atoms with Crippen LogP contribution in [0, 0.1) is 0 Å². The molecule has 0 unspecified atom stereocenters. The molecule has 2 heteroatoms. The summed E-state index contributed by atoms with van der Waals surface area (Å²) in [6, 6.07) is 2.29. The first-order valence-corrected chi connectivity index (χ1v) is 6.71. The van der Waals surface area contributed by atoms with Crippen molar-refractivity contribution in [2.24, 2.45) is 0 Å². The Morgan fingerprint density at radius 2 is 2.00 bits per heavy atom. The minimum absolute atomic E-state index is 1.08. The van der Waals surface area contributed by atoms with E-state index in [9.17, 15) is 0 Å². The third-order valence-electron chi connectivity index (χ3n) is 3.31. The fraction of sp³-hybridized carbons (Fsp3) is 0.375. The summed E-state index contributed by atoms with van der Waals surface area (Å²) in [5.74, 6) is 0. The molecule has 0 N–H and O–H groups in total. The van der Waals surface area contributed by atoms with Crippen molar-refractivity contribution in [1.29, 1.82) is 0 Å². The summed E-state index contributed by atoms with van der Waals surface area (Å²) in [4.78, 5) is 2.48. The molecule has 18 heavy (non-hydrogen) atoms. The molecule has 2 nitrogen and oxygen atoms in total. The Kier molecular flexibility index (Phi) is 4.59. The maximum absolute atomic E-state index is 2.48. The molecule has 0 bridgehead atoms. The highest BCUT2D eigenvalue weighted by molar-refractivity contribution is 5.51. The first-order valence-electron chi connectivity index (χ1n) is 6.71. The van der Waals surface area contributed by atoms with Gasteiger partial charge in [-0.2, -0.15) is 0 Å². The van der Waals surface area contributed by atoms with Gasteiger partial charge in [-0.15, -0.1) is 0 Å². The highest BCUT2D eigenvalue weighted by atomic mass is 15.2. The van der Waals surface area contributed by atoms with Crippen LogP contribution in [0.3, 0.4) is 0 Å². The van der Waals surface area contributed by atoms with E-state index >= 15 is 0 Å². The molecule has 0 atom stereocenters. The Bertz CT molecular complexity index is 463. The highest BCUT2D eigenvalue weighted by Gasteiger charge is 2.14. The molecule has 0 aromatic carbocycles. The number of likely N-dealkylation sites (N-methyl/N-ethyl adjacent to an activating group) is 1. The van der Waals surface area contributed by atoms with Gasteiger partial charge in [0.2, 0.25) is 0 Å². The molecule has 0 radical (unpaired) electrons. The molecular formula is C16H22N2. The summed E-state index contributed by atoms with van der Waals surface area (Å²) in [5.41, 5.74) is 2.73. The lowest BCUT2D eigenvalue weighted by atomic mass is 10.2. The van der Waals surface area contributed by atoms with Gasteiger partial charge < -0.3 is 4.57 Å². The van der Waals surface area contributed by atoms with Crippen LogP contribution in [0.25, 0.3) is 6.08 Å². The standard InChI is InChI=1S/C16H22N2/c1-3-5-6-7-8-9-15-12-16-14-17(4-2)10-11-18(16)13-15/h3,5-9,12-13H,4,10-11,14H2,1-2H3/b5-3-,7-6-,9-8+. The number of nitrogens with zero attached hydrogens (tertiary/aromatic N) is 2. The van der Waals surface area contributed by atoms with Crippen molar-refractivity contribution in [3.63, 3.8) is 0 Å². The quantitative estimate of drug-likeness (QED) is 0.734. The van der Waals surface area contributed by atoms with Crippen LogP contribution in [0.2, 0.25) is 0 Å². The second kappa shape index (κ2) is 6.41. The maximum atomic E-state index is 2.48. The van der Waals surface area contributed by atoms with Crippen LogP contribution < -0.4 is 0 Å². The van der Waals surface area contributed by atoms with Crippen LogP contribution in [-0.4, -0.2) is 22.6 Å². The average Bonchev–Trinajstić information content (AvgIpc) is 2.80. The maximum Gasteiger partial charge on any atom is 0.0387 e. The molecule has 0 saturated carbocycles. The molecule has 1 aliphatic heterocycles. The molecule has 2 rings (SSSR count). The zero-order valence-electron chi connectivity index (χ0n) is 11.3. The molecule has 96 valence electrons. The fourth-order valence-electron chi connectivity index (χ4n) is 2.24. The third-order valence-corrected chi connectivity index (χ3v) is 3.31. The lowest BCUT2D eigenvalue weighted by Gasteiger charge is -2.26. The van der Waals surface area contributed by atoms with E-state index in [1.807, 2.05) is 25.2 Å². The molecule has 0 aliphatic carbocycles. The van der Waals surface area contributed by atoms with E-state index in [2.05, 4.69) is 46.9 Å². The van der Waals surface area contributed by atoms with E-state index in [4.69, 9.17) is 0 Å². The van der Waals surface area contributed by atoms with Crippen molar-refractivity contribution in [3.05, 3.63) is 53.9 Å². The Labute approximate surface area is 110 Å². The molecular weight excluding hydrogens is 220 g/mol. The van der Waals surface area contributed by atoms with E-state index in [0.717, 1.165) is 19.6 Å². The van der Waals surface area contributed by atoms with Gasteiger partial charge in [-0.05, 0) is 25.1 Å². The van der Waals surface area contributed by atoms with E-state index in [0.29, 0.717) is 0 Å². The van der Waals surface area contributed by atoms with Gasteiger partial charge in [-0.1, -0.05) is 43.4 Å². The molecule has 0 saturated heterocycles. The second-order valence-electron chi connectivity index (χ2n) is 4.60. The van der Waals surface area contributed by atoms with Gasteiger partial charge in [0.25, 0.3) is 0 Å². The number of allylic oxidation sites excluding steroid dienone is 5. The topological polar surface area (TPSA) is 8.17 Å². The number of fused-ring (bicyclic) bond motifs is 1. The van der Waals surface area contributed by atoms with Crippen LogP contribution >= 0.6 is 0 Å².